The van der Waals surface area contributed by atoms with Gasteiger partial charge in [0.1, 0.15) is 17.9 Å². The van der Waals surface area contributed by atoms with Crippen LogP contribution in [0.1, 0.15) is 23.6 Å². The molecule has 1 atom stereocenters. The summed E-state index contributed by atoms with van der Waals surface area (Å²) in [6.45, 7) is 5.84. The average Bonchev–Trinajstić information content (AvgIpc) is 2.61. The minimum Gasteiger partial charge on any atom is -0.480 e. The summed E-state index contributed by atoms with van der Waals surface area (Å²) in [6, 6.07) is 3.45. The van der Waals surface area contributed by atoms with E-state index in [1.54, 1.807) is 32.9 Å². The number of hydrogen-bond donors (Lipinski definition) is 3. The molecule has 28 heavy (non-hydrogen) atoms. The molecule has 2 aromatic rings. The molecule has 3 N–H and O–H groups in total. The van der Waals surface area contributed by atoms with Crippen molar-refractivity contribution in [2.75, 3.05) is 13.1 Å². The van der Waals surface area contributed by atoms with Crippen LogP contribution in [0.5, 0.6) is 5.75 Å². The van der Waals surface area contributed by atoms with Crippen molar-refractivity contribution >= 4 is 28.8 Å². The Bertz CT molecular complexity index is 994. The number of hydrogen-bond acceptors (Lipinski definition) is 6. The quantitative estimate of drug-likeness (QED) is 0.595. The van der Waals surface area contributed by atoms with Gasteiger partial charge < -0.3 is 24.9 Å². The molecule has 2 rings (SSSR count). The molecule has 0 aliphatic carbocycles. The molecule has 0 aliphatic heterocycles. The molecule has 9 nitrogen and oxygen atoms in total. The summed E-state index contributed by atoms with van der Waals surface area (Å²) in [5, 5.41) is 13.6. The van der Waals surface area contributed by atoms with Gasteiger partial charge in [0, 0.05) is 5.56 Å². The number of rotatable bonds is 7. The van der Waals surface area contributed by atoms with Gasteiger partial charge in [0.05, 0.1) is 11.9 Å². The molecule has 0 spiro atoms. The van der Waals surface area contributed by atoms with E-state index in [9.17, 15) is 19.2 Å². The summed E-state index contributed by atoms with van der Waals surface area (Å²) in [4.78, 5) is 46.0. The molecular formula is C19H22N2O7. The highest BCUT2D eigenvalue weighted by atomic mass is 16.5. The zero-order chi connectivity index (χ0) is 21.0. The molecule has 1 aromatic carbocycles. The Morgan fingerprint density at radius 3 is 2.43 bits per heavy atom. The highest BCUT2D eigenvalue weighted by molar-refractivity contribution is 5.90. The number of fused-ring (bicyclic) bond motifs is 1. The van der Waals surface area contributed by atoms with Crippen molar-refractivity contribution in [3.8, 4) is 5.75 Å². The van der Waals surface area contributed by atoms with Gasteiger partial charge in [-0.25, -0.2) is 4.79 Å². The average molecular weight is 390 g/mol. The lowest BCUT2D eigenvalue weighted by atomic mass is 10.0. The molecule has 9 heteroatoms. The van der Waals surface area contributed by atoms with Crippen LogP contribution in [0.2, 0.25) is 0 Å². The lowest BCUT2D eigenvalue weighted by Crippen LogP contribution is -2.43. The molecule has 0 radical (unpaired) electrons. The highest BCUT2D eigenvalue weighted by Gasteiger charge is 2.19. The molecule has 1 aromatic heterocycles. The number of carbonyl (C=O) groups is 3. The second-order valence-electron chi connectivity index (χ2n) is 6.42. The van der Waals surface area contributed by atoms with Crippen molar-refractivity contribution in [1.29, 1.82) is 0 Å². The van der Waals surface area contributed by atoms with Gasteiger partial charge in [-0.1, -0.05) is 0 Å². The summed E-state index contributed by atoms with van der Waals surface area (Å²) in [5.74, 6) is -1.97. The van der Waals surface area contributed by atoms with E-state index in [2.05, 4.69) is 10.6 Å². The van der Waals surface area contributed by atoms with Gasteiger partial charge in [-0.3, -0.25) is 14.4 Å². The van der Waals surface area contributed by atoms with Gasteiger partial charge in [0.15, 0.2) is 6.10 Å². The summed E-state index contributed by atoms with van der Waals surface area (Å²) < 4.78 is 11.1. The van der Waals surface area contributed by atoms with E-state index in [0.717, 1.165) is 5.56 Å². The Balaban J connectivity index is 2.16. The van der Waals surface area contributed by atoms with Crippen molar-refractivity contribution in [3.05, 3.63) is 39.2 Å². The molecule has 1 heterocycles. The van der Waals surface area contributed by atoms with Crippen molar-refractivity contribution in [2.45, 2.75) is 33.8 Å². The molecule has 0 fully saturated rings. The largest absolute Gasteiger partial charge is 0.480 e. The number of benzene rings is 1. The zero-order valence-corrected chi connectivity index (χ0v) is 16.0. The monoisotopic (exact) mass is 390 g/mol. The highest BCUT2D eigenvalue weighted by Crippen LogP contribution is 2.31. The third-order valence-electron chi connectivity index (χ3n) is 4.19. The second kappa shape index (κ2) is 8.55. The first kappa shape index (κ1) is 20.9. The first-order valence-electron chi connectivity index (χ1n) is 8.57. The van der Waals surface area contributed by atoms with Crippen LogP contribution in [0.3, 0.4) is 0 Å². The molecule has 0 unspecified atom stereocenters. The van der Waals surface area contributed by atoms with Gasteiger partial charge in [0.25, 0.3) is 5.91 Å². The summed E-state index contributed by atoms with van der Waals surface area (Å²) in [7, 11) is 0. The van der Waals surface area contributed by atoms with E-state index in [-0.39, 0.29) is 6.54 Å². The standard InChI is InChI=1S/C19H22N2O7/c1-9-5-13(17-10(2)11(3)19(26)28-14(17)6-9)27-12(4)18(25)21-7-15(22)20-8-16(23)24/h5-6,12H,7-8H2,1-4H3,(H,20,22)(H,21,25)(H,23,24)/t12-/m0/s1. The Morgan fingerprint density at radius 1 is 1.11 bits per heavy atom. The van der Waals surface area contributed by atoms with Crippen molar-refractivity contribution < 1.29 is 28.6 Å². The first-order valence-corrected chi connectivity index (χ1v) is 8.57. The smallest absolute Gasteiger partial charge is 0.339 e. The van der Waals surface area contributed by atoms with Gasteiger partial charge >= 0.3 is 11.6 Å². The van der Waals surface area contributed by atoms with E-state index >= 15 is 0 Å². The Labute approximate surface area is 160 Å². The Kier molecular flexibility index (Phi) is 6.40. The van der Waals surface area contributed by atoms with Crippen LogP contribution in [0.25, 0.3) is 11.0 Å². The summed E-state index contributed by atoms with van der Waals surface area (Å²) in [6.07, 6.45) is -0.941. The van der Waals surface area contributed by atoms with E-state index in [0.29, 0.717) is 27.8 Å². The Hall–Kier alpha value is -3.36. The number of aryl methyl sites for hydroxylation is 2. The maximum atomic E-state index is 12.2. The van der Waals surface area contributed by atoms with E-state index in [1.165, 1.54) is 6.92 Å². The van der Waals surface area contributed by atoms with E-state index < -0.39 is 36.1 Å². The van der Waals surface area contributed by atoms with Crippen molar-refractivity contribution in [2.24, 2.45) is 0 Å². The Morgan fingerprint density at radius 2 is 1.79 bits per heavy atom. The van der Waals surface area contributed by atoms with Gasteiger partial charge in [-0.15, -0.1) is 0 Å². The van der Waals surface area contributed by atoms with Crippen LogP contribution in [0, 0.1) is 20.8 Å². The van der Waals surface area contributed by atoms with Crippen LogP contribution < -0.4 is 21.0 Å². The van der Waals surface area contributed by atoms with Crippen LogP contribution in [0.15, 0.2) is 21.3 Å². The number of aliphatic carboxylic acids is 1. The first-order chi connectivity index (χ1) is 13.1. The number of amides is 2. The van der Waals surface area contributed by atoms with E-state index in [4.69, 9.17) is 14.3 Å². The third kappa shape index (κ3) is 4.87. The molecule has 2 amide bonds. The lowest BCUT2D eigenvalue weighted by Gasteiger charge is -2.17. The van der Waals surface area contributed by atoms with Gasteiger partial charge in [-0.05, 0) is 51.0 Å². The fourth-order valence-electron chi connectivity index (χ4n) is 2.57. The number of carbonyl (C=O) groups excluding carboxylic acids is 2. The molecule has 0 aliphatic rings. The third-order valence-corrected chi connectivity index (χ3v) is 4.19. The predicted octanol–water partition coefficient (Wildman–Crippen LogP) is 0.803. The number of carboxylic acids is 1. The summed E-state index contributed by atoms with van der Waals surface area (Å²) in [5.41, 5.74) is 1.87. The molecule has 0 bridgehead atoms. The second-order valence-corrected chi connectivity index (χ2v) is 6.42. The zero-order valence-electron chi connectivity index (χ0n) is 16.0. The van der Waals surface area contributed by atoms with Crippen LogP contribution in [-0.4, -0.2) is 42.1 Å². The summed E-state index contributed by atoms with van der Waals surface area (Å²) >= 11 is 0. The maximum absolute atomic E-state index is 12.2. The molecule has 0 saturated carbocycles. The van der Waals surface area contributed by atoms with Crippen LogP contribution in [-0.2, 0) is 14.4 Å². The topological polar surface area (TPSA) is 135 Å². The fourth-order valence-corrected chi connectivity index (χ4v) is 2.57. The fraction of sp³-hybridized carbons (Fsp3) is 0.368. The number of carboxylic acid groups (broad SMARTS) is 1. The predicted molar refractivity (Wildman–Crippen MR) is 100 cm³/mol. The van der Waals surface area contributed by atoms with Gasteiger partial charge in [0.2, 0.25) is 5.91 Å². The molecule has 150 valence electrons. The molecule has 0 saturated heterocycles. The van der Waals surface area contributed by atoms with Gasteiger partial charge in [-0.2, -0.15) is 0 Å². The van der Waals surface area contributed by atoms with E-state index in [1.807, 2.05) is 0 Å². The minimum absolute atomic E-state index is 0.365. The normalized spacial score (nSPS) is 11.7. The van der Waals surface area contributed by atoms with Crippen LogP contribution in [0.4, 0.5) is 0 Å². The number of nitrogens with one attached hydrogen (secondary N) is 2. The lowest BCUT2D eigenvalue weighted by molar-refractivity contribution is -0.137. The molecular weight excluding hydrogens is 368 g/mol. The minimum atomic E-state index is -1.18. The SMILES string of the molecule is Cc1cc(O[C@@H](C)C(=O)NCC(=O)NCC(=O)O)c2c(C)c(C)c(=O)oc2c1. The van der Waals surface area contributed by atoms with Crippen molar-refractivity contribution in [1.82, 2.24) is 10.6 Å². The van der Waals surface area contributed by atoms with Crippen LogP contribution >= 0.6 is 0 Å². The van der Waals surface area contributed by atoms with Crippen molar-refractivity contribution in [3.63, 3.8) is 0 Å². The maximum Gasteiger partial charge on any atom is 0.339 e. The number of ether oxygens (including phenoxy) is 1.